The summed E-state index contributed by atoms with van der Waals surface area (Å²) in [6.45, 7) is 14.6. The molecule has 6 heteroatoms. The number of rotatable bonds is 7. The number of hydrogen-bond donors (Lipinski definition) is 1. The van der Waals surface area contributed by atoms with Crippen molar-refractivity contribution in [3.8, 4) is 0 Å². The Bertz CT molecular complexity index is 684. The first-order valence-corrected chi connectivity index (χ1v) is 9.81. The van der Waals surface area contributed by atoms with Crippen LogP contribution >= 0.6 is 0 Å². The first kappa shape index (κ1) is 23.9. The van der Waals surface area contributed by atoms with Gasteiger partial charge in [0.15, 0.2) is 0 Å². The summed E-state index contributed by atoms with van der Waals surface area (Å²) in [6.07, 6.45) is -0.221. The molecule has 0 aliphatic rings. The third-order valence-electron chi connectivity index (χ3n) is 4.74. The maximum absolute atomic E-state index is 13.5. The van der Waals surface area contributed by atoms with Crippen LogP contribution in [0, 0.1) is 18.7 Å². The molecule has 0 spiro atoms. The number of carbonyl (C=O) groups excluding carboxylic acids is 2. The van der Waals surface area contributed by atoms with Crippen LogP contribution in [-0.2, 0) is 14.3 Å². The SMILES string of the molecule is CCC(C)[C@H](c1ccc(F)cc1C)[C@H](C)OC(=O)[C@H](C)NC(=O)OC(C)(C)C. The molecular weight excluding hydrogens is 361 g/mol. The van der Waals surface area contributed by atoms with E-state index >= 15 is 0 Å². The Balaban J connectivity index is 2.88. The van der Waals surface area contributed by atoms with E-state index in [0.717, 1.165) is 17.5 Å². The fourth-order valence-electron chi connectivity index (χ4n) is 3.19. The van der Waals surface area contributed by atoms with Gasteiger partial charge in [0.05, 0.1) is 0 Å². The third kappa shape index (κ3) is 7.13. The molecule has 0 heterocycles. The summed E-state index contributed by atoms with van der Waals surface area (Å²) >= 11 is 0. The van der Waals surface area contributed by atoms with Crippen LogP contribution in [0.4, 0.5) is 9.18 Å². The number of nitrogens with one attached hydrogen (secondary N) is 1. The van der Waals surface area contributed by atoms with Gasteiger partial charge in [-0.2, -0.15) is 0 Å². The Kier molecular flexibility index (Phi) is 8.46. The van der Waals surface area contributed by atoms with Crippen molar-refractivity contribution in [2.45, 2.75) is 85.5 Å². The van der Waals surface area contributed by atoms with Crippen molar-refractivity contribution in [2.75, 3.05) is 0 Å². The highest BCUT2D eigenvalue weighted by Crippen LogP contribution is 2.34. The number of amides is 1. The van der Waals surface area contributed by atoms with E-state index in [1.807, 2.05) is 13.8 Å². The van der Waals surface area contributed by atoms with Gasteiger partial charge in [0.25, 0.3) is 0 Å². The van der Waals surface area contributed by atoms with Crippen LogP contribution in [0.25, 0.3) is 0 Å². The zero-order valence-corrected chi connectivity index (χ0v) is 18.3. The highest BCUT2D eigenvalue weighted by Gasteiger charge is 2.30. The minimum atomic E-state index is -0.843. The summed E-state index contributed by atoms with van der Waals surface area (Å²) in [7, 11) is 0. The van der Waals surface area contributed by atoms with Gasteiger partial charge in [-0.05, 0) is 70.7 Å². The van der Waals surface area contributed by atoms with Crippen LogP contribution in [0.1, 0.15) is 71.9 Å². The van der Waals surface area contributed by atoms with Crippen molar-refractivity contribution in [3.05, 3.63) is 35.1 Å². The molecule has 28 heavy (non-hydrogen) atoms. The van der Waals surface area contributed by atoms with Crippen molar-refractivity contribution in [1.82, 2.24) is 5.32 Å². The first-order chi connectivity index (χ1) is 12.9. The third-order valence-corrected chi connectivity index (χ3v) is 4.74. The lowest BCUT2D eigenvalue weighted by molar-refractivity contribution is -0.152. The molecule has 1 rings (SSSR count). The van der Waals surface area contributed by atoms with E-state index < -0.39 is 29.8 Å². The van der Waals surface area contributed by atoms with Crippen LogP contribution in [-0.4, -0.2) is 29.8 Å². The molecule has 158 valence electrons. The summed E-state index contributed by atoms with van der Waals surface area (Å²) in [4.78, 5) is 24.4. The number of aryl methyl sites for hydroxylation is 1. The Morgan fingerprint density at radius 1 is 1.18 bits per heavy atom. The molecule has 0 aliphatic carbocycles. The number of esters is 1. The molecule has 0 saturated carbocycles. The molecule has 1 aromatic rings. The molecule has 0 radical (unpaired) electrons. The molecule has 0 aliphatic heterocycles. The lowest BCUT2D eigenvalue weighted by atomic mass is 9.80. The van der Waals surface area contributed by atoms with Crippen molar-refractivity contribution < 1.29 is 23.5 Å². The summed E-state index contributed by atoms with van der Waals surface area (Å²) in [5, 5.41) is 2.50. The van der Waals surface area contributed by atoms with Gasteiger partial charge >= 0.3 is 12.1 Å². The van der Waals surface area contributed by atoms with Gasteiger partial charge in [0.1, 0.15) is 23.6 Å². The number of alkyl carbamates (subject to hydrolysis) is 1. The van der Waals surface area contributed by atoms with Crippen LogP contribution < -0.4 is 5.32 Å². The van der Waals surface area contributed by atoms with E-state index in [0.29, 0.717) is 0 Å². The largest absolute Gasteiger partial charge is 0.460 e. The number of ether oxygens (including phenoxy) is 2. The minimum Gasteiger partial charge on any atom is -0.460 e. The number of halogens is 1. The van der Waals surface area contributed by atoms with Gasteiger partial charge in [-0.3, -0.25) is 0 Å². The van der Waals surface area contributed by atoms with Crippen LogP contribution in [0.2, 0.25) is 0 Å². The van der Waals surface area contributed by atoms with Crippen molar-refractivity contribution in [1.29, 1.82) is 0 Å². The Hall–Kier alpha value is -2.11. The number of carbonyl (C=O) groups is 2. The van der Waals surface area contributed by atoms with E-state index in [2.05, 4.69) is 19.2 Å². The van der Waals surface area contributed by atoms with E-state index in [4.69, 9.17) is 9.47 Å². The smallest absolute Gasteiger partial charge is 0.408 e. The summed E-state index contributed by atoms with van der Waals surface area (Å²) in [5.74, 6) is -0.681. The second kappa shape index (κ2) is 9.89. The Labute approximate surface area is 168 Å². The maximum atomic E-state index is 13.5. The fourth-order valence-corrected chi connectivity index (χ4v) is 3.19. The second-order valence-electron chi connectivity index (χ2n) is 8.42. The predicted octanol–water partition coefficient (Wildman–Crippen LogP) is 5.11. The summed E-state index contributed by atoms with van der Waals surface area (Å²) < 4.78 is 24.3. The molecular formula is C22H34FNO4. The summed E-state index contributed by atoms with van der Waals surface area (Å²) in [6, 6.07) is 3.84. The quantitative estimate of drug-likeness (QED) is 0.652. The average molecular weight is 396 g/mol. The van der Waals surface area contributed by atoms with Gasteiger partial charge in [-0.25, -0.2) is 14.0 Å². The second-order valence-corrected chi connectivity index (χ2v) is 8.42. The van der Waals surface area contributed by atoms with Gasteiger partial charge in [0.2, 0.25) is 0 Å². The molecule has 1 aromatic carbocycles. The zero-order valence-electron chi connectivity index (χ0n) is 18.3. The molecule has 0 bridgehead atoms. The molecule has 5 nitrogen and oxygen atoms in total. The van der Waals surface area contributed by atoms with Crippen molar-refractivity contribution in [3.63, 3.8) is 0 Å². The van der Waals surface area contributed by atoms with Crippen molar-refractivity contribution in [2.24, 2.45) is 5.92 Å². The fraction of sp³-hybridized carbons (Fsp3) is 0.636. The standard InChI is InChI=1S/C22H34FNO4/c1-9-13(2)19(18-11-10-17(23)12-14(18)3)16(5)27-20(25)15(4)24-21(26)28-22(6,7)8/h10-13,15-16,19H,9H2,1-8H3,(H,24,26)/t13?,15-,16-,19-/m0/s1. The predicted molar refractivity (Wildman–Crippen MR) is 108 cm³/mol. The highest BCUT2D eigenvalue weighted by molar-refractivity contribution is 5.81. The van der Waals surface area contributed by atoms with E-state index in [1.54, 1.807) is 33.8 Å². The van der Waals surface area contributed by atoms with Gasteiger partial charge in [-0.1, -0.05) is 26.3 Å². The highest BCUT2D eigenvalue weighted by atomic mass is 19.1. The van der Waals surface area contributed by atoms with E-state index in [9.17, 15) is 14.0 Å². The lowest BCUT2D eigenvalue weighted by Crippen LogP contribution is -2.43. The minimum absolute atomic E-state index is 0.0803. The topological polar surface area (TPSA) is 64.6 Å². The Morgan fingerprint density at radius 3 is 2.29 bits per heavy atom. The molecule has 1 amide bonds. The number of benzene rings is 1. The monoisotopic (exact) mass is 395 g/mol. The van der Waals surface area contributed by atoms with Crippen LogP contribution in [0.3, 0.4) is 0 Å². The number of hydrogen-bond acceptors (Lipinski definition) is 4. The van der Waals surface area contributed by atoms with E-state index in [-0.39, 0.29) is 17.7 Å². The van der Waals surface area contributed by atoms with Crippen molar-refractivity contribution >= 4 is 12.1 Å². The molecule has 0 saturated heterocycles. The Morgan fingerprint density at radius 2 is 1.79 bits per heavy atom. The van der Waals surface area contributed by atoms with Crippen LogP contribution in [0.15, 0.2) is 18.2 Å². The van der Waals surface area contributed by atoms with Crippen LogP contribution in [0.5, 0.6) is 0 Å². The molecule has 1 unspecified atom stereocenters. The molecule has 1 N–H and O–H groups in total. The average Bonchev–Trinajstić information content (AvgIpc) is 2.54. The normalized spacial score (nSPS) is 15.9. The maximum Gasteiger partial charge on any atom is 0.408 e. The molecule has 0 aromatic heterocycles. The van der Waals surface area contributed by atoms with Gasteiger partial charge in [-0.15, -0.1) is 0 Å². The van der Waals surface area contributed by atoms with Gasteiger partial charge < -0.3 is 14.8 Å². The molecule has 0 fully saturated rings. The zero-order chi connectivity index (χ0) is 21.6. The summed E-state index contributed by atoms with van der Waals surface area (Å²) in [5.41, 5.74) is 1.14. The molecule has 4 atom stereocenters. The lowest BCUT2D eigenvalue weighted by Gasteiger charge is -2.31. The van der Waals surface area contributed by atoms with E-state index in [1.165, 1.54) is 12.1 Å². The van der Waals surface area contributed by atoms with Gasteiger partial charge in [0, 0.05) is 5.92 Å². The first-order valence-electron chi connectivity index (χ1n) is 9.81.